The first kappa shape index (κ1) is 22.1. The number of halogens is 1. The number of fused-ring (bicyclic) bond motifs is 1. The van der Waals surface area contributed by atoms with Crippen molar-refractivity contribution in [3.63, 3.8) is 0 Å². The largest absolute Gasteiger partial charge is 0.383 e. The van der Waals surface area contributed by atoms with Crippen molar-refractivity contribution in [3.05, 3.63) is 69.3 Å². The number of hydrogen-bond acceptors (Lipinski definition) is 6. The van der Waals surface area contributed by atoms with Gasteiger partial charge in [0.05, 0.1) is 24.4 Å². The highest BCUT2D eigenvalue weighted by atomic mass is 79.9. The highest BCUT2D eigenvalue weighted by Crippen LogP contribution is 2.38. The van der Waals surface area contributed by atoms with Gasteiger partial charge >= 0.3 is 0 Å². The quantitative estimate of drug-likeness (QED) is 0.174. The van der Waals surface area contributed by atoms with E-state index in [1.54, 1.807) is 18.4 Å². The molecule has 0 amide bonds. The van der Waals surface area contributed by atoms with E-state index in [4.69, 9.17) is 16.1 Å². The number of nitrogens with one attached hydrogen (secondary N) is 2. The summed E-state index contributed by atoms with van der Waals surface area (Å²) in [5, 5.41) is 7.65. The molecule has 0 saturated carbocycles. The third-order valence-electron chi connectivity index (χ3n) is 4.96. The summed E-state index contributed by atoms with van der Waals surface area (Å²) in [6, 6.07) is 14.7. The van der Waals surface area contributed by atoms with Crippen molar-refractivity contribution in [1.29, 1.82) is 5.41 Å². The molecule has 0 radical (unpaired) electrons. The molecule has 1 atom stereocenters. The van der Waals surface area contributed by atoms with E-state index in [1.165, 1.54) is 29.2 Å². The molecule has 31 heavy (non-hydrogen) atoms. The number of sulfone groups is 1. The summed E-state index contributed by atoms with van der Waals surface area (Å²) >= 11 is 6.02. The number of thioether (sulfide) groups is 1. The molecule has 2 aromatic heterocycles. The Bertz CT molecular complexity index is 1400. The third kappa shape index (κ3) is 4.05. The van der Waals surface area contributed by atoms with E-state index >= 15 is 0 Å². The van der Waals surface area contributed by atoms with Crippen LogP contribution in [0.4, 0.5) is 0 Å². The normalized spacial score (nSPS) is 12.9. The average molecular weight is 536 g/mol. The Balaban J connectivity index is 1.81. The van der Waals surface area contributed by atoms with Crippen LogP contribution in [0.2, 0.25) is 0 Å². The molecule has 0 aliphatic rings. The standard InChI is InChI=1S/C21H19BrN4O2S3/c1-11(12-6-4-3-5-7-12)20-25-15-9-13(8-14(22)18(15)26-20)31(27,28)17-10-16(19(23)24)30-21(17)29-2/h3-11H,1-2H3,(H3,23,24)(H,25,26). The number of thiophene rings is 1. The molecule has 4 rings (SSSR count). The number of rotatable bonds is 6. The van der Waals surface area contributed by atoms with Gasteiger partial charge in [0, 0.05) is 10.4 Å². The number of imidazole rings is 1. The minimum Gasteiger partial charge on any atom is -0.383 e. The van der Waals surface area contributed by atoms with Crippen LogP contribution in [0.15, 0.2) is 67.0 Å². The van der Waals surface area contributed by atoms with Crippen LogP contribution in [0.1, 0.15) is 29.1 Å². The van der Waals surface area contributed by atoms with Crippen LogP contribution in [0.3, 0.4) is 0 Å². The Morgan fingerprint density at radius 2 is 1.97 bits per heavy atom. The maximum atomic E-state index is 13.4. The maximum Gasteiger partial charge on any atom is 0.208 e. The Kier molecular flexibility index (Phi) is 5.99. The van der Waals surface area contributed by atoms with Crippen molar-refractivity contribution in [3.8, 4) is 0 Å². The minimum atomic E-state index is -3.81. The zero-order valence-electron chi connectivity index (χ0n) is 16.6. The SMILES string of the molecule is CSc1sc(C(=N)N)cc1S(=O)(=O)c1cc(Br)c2nc(C(C)c3ccccc3)[nH]c2c1. The number of nitrogens with two attached hydrogens (primary N) is 1. The average Bonchev–Trinajstić information content (AvgIpc) is 3.39. The molecule has 0 saturated heterocycles. The molecule has 0 spiro atoms. The number of benzene rings is 2. The molecule has 0 aliphatic heterocycles. The molecule has 10 heteroatoms. The van der Waals surface area contributed by atoms with Crippen molar-refractivity contribution < 1.29 is 8.42 Å². The van der Waals surface area contributed by atoms with Gasteiger partial charge in [-0.25, -0.2) is 13.4 Å². The van der Waals surface area contributed by atoms with E-state index < -0.39 is 9.84 Å². The number of aromatic nitrogens is 2. The molecule has 160 valence electrons. The van der Waals surface area contributed by atoms with Gasteiger partial charge in [-0.3, -0.25) is 5.41 Å². The number of H-pyrrole nitrogens is 1. The molecule has 2 aromatic carbocycles. The highest BCUT2D eigenvalue weighted by Gasteiger charge is 2.26. The van der Waals surface area contributed by atoms with Crippen LogP contribution >= 0.6 is 39.0 Å². The van der Waals surface area contributed by atoms with Gasteiger partial charge in [0.1, 0.15) is 17.2 Å². The molecule has 4 aromatic rings. The lowest BCUT2D eigenvalue weighted by Gasteiger charge is -2.07. The van der Waals surface area contributed by atoms with Crippen molar-refractivity contribution in [2.45, 2.75) is 26.8 Å². The minimum absolute atomic E-state index is 0.0265. The molecule has 0 aliphatic carbocycles. The molecule has 0 fully saturated rings. The fourth-order valence-corrected chi connectivity index (χ4v) is 7.89. The van der Waals surface area contributed by atoms with E-state index in [-0.39, 0.29) is 21.5 Å². The Morgan fingerprint density at radius 1 is 1.26 bits per heavy atom. The van der Waals surface area contributed by atoms with Crippen LogP contribution in [0, 0.1) is 5.41 Å². The molecule has 6 nitrogen and oxygen atoms in total. The smallest absolute Gasteiger partial charge is 0.208 e. The monoisotopic (exact) mass is 534 g/mol. The zero-order chi connectivity index (χ0) is 22.3. The van der Waals surface area contributed by atoms with E-state index in [0.717, 1.165) is 11.4 Å². The molecular formula is C21H19BrN4O2S3. The summed E-state index contributed by atoms with van der Waals surface area (Å²) < 4.78 is 28.1. The second-order valence-corrected chi connectivity index (χ2v) is 11.8. The number of hydrogen-bond donors (Lipinski definition) is 3. The topological polar surface area (TPSA) is 113 Å². The molecule has 1 unspecified atom stereocenters. The van der Waals surface area contributed by atoms with Crippen LogP contribution in [0.5, 0.6) is 0 Å². The first-order chi connectivity index (χ1) is 14.7. The van der Waals surface area contributed by atoms with Crippen molar-refractivity contribution in [2.24, 2.45) is 5.73 Å². The Morgan fingerprint density at radius 3 is 2.61 bits per heavy atom. The molecular weight excluding hydrogens is 516 g/mol. The van der Waals surface area contributed by atoms with Gasteiger partial charge in [0.25, 0.3) is 0 Å². The number of nitrogen functional groups attached to an aromatic ring is 1. The number of aromatic amines is 1. The summed E-state index contributed by atoms with van der Waals surface area (Å²) in [4.78, 5) is 8.74. The molecule has 4 N–H and O–H groups in total. The summed E-state index contributed by atoms with van der Waals surface area (Å²) in [6.07, 6.45) is 1.81. The lowest BCUT2D eigenvalue weighted by atomic mass is 10.0. The van der Waals surface area contributed by atoms with Crippen molar-refractivity contribution >= 4 is 65.7 Å². The fraction of sp³-hybridized carbons (Fsp3) is 0.143. The maximum absolute atomic E-state index is 13.4. The van der Waals surface area contributed by atoms with Gasteiger partial charge in [-0.05, 0) is 45.9 Å². The Hall–Kier alpha value is -2.14. The molecule has 0 bridgehead atoms. The first-order valence-corrected chi connectivity index (χ1v) is 13.6. The summed E-state index contributed by atoms with van der Waals surface area (Å²) in [5.41, 5.74) is 8.01. The van der Waals surface area contributed by atoms with Gasteiger partial charge in [-0.2, -0.15) is 0 Å². The van der Waals surface area contributed by atoms with Crippen LogP contribution in [-0.2, 0) is 9.84 Å². The summed E-state index contributed by atoms with van der Waals surface area (Å²) in [7, 11) is -3.81. The third-order valence-corrected chi connectivity index (χ3v) is 9.88. The van der Waals surface area contributed by atoms with Crippen molar-refractivity contribution in [1.82, 2.24) is 9.97 Å². The van der Waals surface area contributed by atoms with E-state index in [9.17, 15) is 8.42 Å². The number of amidine groups is 1. The van der Waals surface area contributed by atoms with Crippen LogP contribution < -0.4 is 5.73 Å². The lowest BCUT2D eigenvalue weighted by Crippen LogP contribution is -2.08. The Labute approximate surface area is 196 Å². The van der Waals surface area contributed by atoms with Gasteiger partial charge < -0.3 is 10.7 Å². The first-order valence-electron chi connectivity index (χ1n) is 9.23. The van der Waals surface area contributed by atoms with Crippen molar-refractivity contribution in [2.75, 3.05) is 6.26 Å². The van der Waals surface area contributed by atoms with Gasteiger partial charge in [-0.15, -0.1) is 23.1 Å². The highest BCUT2D eigenvalue weighted by molar-refractivity contribution is 9.10. The van der Waals surface area contributed by atoms with Gasteiger partial charge in [0.15, 0.2) is 0 Å². The summed E-state index contributed by atoms with van der Waals surface area (Å²) in [6.45, 7) is 2.05. The van der Waals surface area contributed by atoms with Crippen LogP contribution in [0.25, 0.3) is 11.0 Å². The molecule has 2 heterocycles. The predicted molar refractivity (Wildman–Crippen MR) is 130 cm³/mol. The lowest BCUT2D eigenvalue weighted by molar-refractivity contribution is 0.595. The fourth-order valence-electron chi connectivity index (χ4n) is 3.28. The number of nitrogens with zero attached hydrogens (tertiary/aromatic N) is 1. The van der Waals surface area contributed by atoms with E-state index in [2.05, 4.69) is 27.8 Å². The predicted octanol–water partition coefficient (Wildman–Crippen LogP) is 5.38. The van der Waals surface area contributed by atoms with E-state index in [1.807, 2.05) is 30.3 Å². The second-order valence-electron chi connectivity index (χ2n) is 6.94. The summed E-state index contributed by atoms with van der Waals surface area (Å²) in [5.74, 6) is 0.640. The van der Waals surface area contributed by atoms with Crippen LogP contribution in [-0.4, -0.2) is 30.5 Å². The van der Waals surface area contributed by atoms with E-state index in [0.29, 0.717) is 24.6 Å². The van der Waals surface area contributed by atoms with Gasteiger partial charge in [0.2, 0.25) is 9.84 Å². The second kappa shape index (κ2) is 8.42. The zero-order valence-corrected chi connectivity index (χ0v) is 20.7. The van der Waals surface area contributed by atoms with Gasteiger partial charge in [-0.1, -0.05) is 37.3 Å².